The third kappa shape index (κ3) is 5.06. The summed E-state index contributed by atoms with van der Waals surface area (Å²) in [5.41, 5.74) is -3.67. The van der Waals surface area contributed by atoms with Crippen LogP contribution in [0.1, 0.15) is 61.5 Å². The van der Waals surface area contributed by atoms with Crippen LogP contribution in [-0.2, 0) is 30.2 Å². The Morgan fingerprint density at radius 1 is 1.06 bits per heavy atom. The van der Waals surface area contributed by atoms with Crippen LogP contribution in [0.5, 0.6) is 0 Å². The highest BCUT2D eigenvalue weighted by Crippen LogP contribution is 2.51. The molecule has 0 spiro atoms. The van der Waals surface area contributed by atoms with E-state index >= 15 is 0 Å². The number of likely N-dealkylation sites (N-methyl/N-ethyl adjacent to an activating group) is 1. The lowest BCUT2D eigenvalue weighted by Gasteiger charge is -2.47. The van der Waals surface area contributed by atoms with Gasteiger partial charge in [0.2, 0.25) is 0 Å². The third-order valence-electron chi connectivity index (χ3n) is 7.21. The van der Waals surface area contributed by atoms with Crippen LogP contribution in [-0.4, -0.2) is 55.8 Å². The Bertz CT molecular complexity index is 1040. The smallest absolute Gasteiger partial charge is 0.372 e. The van der Waals surface area contributed by atoms with E-state index in [0.717, 1.165) is 4.68 Å². The molecule has 14 heteroatoms. The second kappa shape index (κ2) is 9.51. The highest BCUT2D eigenvalue weighted by Gasteiger charge is 2.57. The highest BCUT2D eigenvalue weighted by atomic mass is 19.4. The van der Waals surface area contributed by atoms with E-state index in [1.807, 2.05) is 13.8 Å². The van der Waals surface area contributed by atoms with Crippen molar-refractivity contribution < 1.29 is 39.9 Å². The average molecular weight is 527 g/mol. The van der Waals surface area contributed by atoms with Crippen molar-refractivity contribution in [1.29, 1.82) is 0 Å². The standard InChI is InChI=1S/C22H25F8N5O/c1-3-34-16-4-5-17(20(34,2)9-15(16)19-31-32-33-35(19)10-18(23)24)36-11-12-6-13(21(25,26)27)8-14(7-12)22(28,29)30/h6-8,15-18H,3-5,9-11H2,1-2H3. The number of ether oxygens (including phenoxy) is 1. The van der Waals surface area contributed by atoms with Crippen molar-refractivity contribution in [3.63, 3.8) is 0 Å². The molecule has 1 aromatic carbocycles. The van der Waals surface area contributed by atoms with Crippen molar-refractivity contribution in [2.75, 3.05) is 6.54 Å². The Balaban J connectivity index is 1.57. The van der Waals surface area contributed by atoms with E-state index in [9.17, 15) is 35.1 Å². The van der Waals surface area contributed by atoms with Crippen LogP contribution < -0.4 is 0 Å². The average Bonchev–Trinajstić information content (AvgIpc) is 3.29. The number of tetrazole rings is 1. The van der Waals surface area contributed by atoms with Gasteiger partial charge in [-0.3, -0.25) is 4.90 Å². The molecule has 2 saturated heterocycles. The molecule has 0 N–H and O–H groups in total. The number of hydrogen-bond acceptors (Lipinski definition) is 5. The maximum atomic E-state index is 13.2. The summed E-state index contributed by atoms with van der Waals surface area (Å²) in [7, 11) is 0. The molecule has 4 atom stereocenters. The van der Waals surface area contributed by atoms with Gasteiger partial charge in [0.15, 0.2) is 5.82 Å². The normalized spacial score (nSPS) is 27.2. The summed E-state index contributed by atoms with van der Waals surface area (Å²) in [5.74, 6) is 0.0542. The molecular weight excluding hydrogens is 502 g/mol. The van der Waals surface area contributed by atoms with E-state index in [1.54, 1.807) is 0 Å². The van der Waals surface area contributed by atoms with Crippen LogP contribution in [0.4, 0.5) is 35.1 Å². The van der Waals surface area contributed by atoms with Gasteiger partial charge in [-0.25, -0.2) is 13.5 Å². The third-order valence-corrected chi connectivity index (χ3v) is 7.21. The van der Waals surface area contributed by atoms with Crippen LogP contribution in [0, 0.1) is 0 Å². The van der Waals surface area contributed by atoms with Gasteiger partial charge < -0.3 is 4.74 Å². The molecule has 2 bridgehead atoms. The molecule has 2 aromatic rings. The zero-order valence-corrected chi connectivity index (χ0v) is 19.5. The predicted molar refractivity (Wildman–Crippen MR) is 110 cm³/mol. The molecule has 3 heterocycles. The van der Waals surface area contributed by atoms with Gasteiger partial charge in [-0.05, 0) is 66.9 Å². The molecule has 2 aliphatic heterocycles. The van der Waals surface area contributed by atoms with Gasteiger partial charge in [0, 0.05) is 17.5 Å². The maximum absolute atomic E-state index is 13.2. The fraction of sp³-hybridized carbons (Fsp3) is 0.682. The summed E-state index contributed by atoms with van der Waals surface area (Å²) in [6, 6.07) is 1.35. The molecule has 2 aliphatic rings. The molecule has 200 valence electrons. The number of piperidine rings is 1. The van der Waals surface area contributed by atoms with Gasteiger partial charge in [0.05, 0.1) is 23.8 Å². The fourth-order valence-electron chi connectivity index (χ4n) is 5.76. The number of rotatable bonds is 7. The lowest BCUT2D eigenvalue weighted by atomic mass is 9.86. The Labute approximate surface area is 201 Å². The Kier molecular flexibility index (Phi) is 7.05. The molecule has 4 rings (SSSR count). The van der Waals surface area contributed by atoms with Crippen molar-refractivity contribution in [3.8, 4) is 0 Å². The molecule has 0 radical (unpaired) electrons. The van der Waals surface area contributed by atoms with Crippen molar-refractivity contribution in [1.82, 2.24) is 25.1 Å². The van der Waals surface area contributed by atoms with E-state index in [0.29, 0.717) is 43.8 Å². The largest absolute Gasteiger partial charge is 0.416 e. The van der Waals surface area contributed by atoms with E-state index in [4.69, 9.17) is 4.74 Å². The molecule has 2 fully saturated rings. The summed E-state index contributed by atoms with van der Waals surface area (Å²) in [6.07, 6.45) is -11.5. The number of fused-ring (bicyclic) bond motifs is 2. The lowest BCUT2D eigenvalue weighted by Crippen LogP contribution is -2.57. The minimum absolute atomic E-state index is 0.0624. The van der Waals surface area contributed by atoms with Gasteiger partial charge in [-0.15, -0.1) is 5.10 Å². The zero-order chi connectivity index (χ0) is 26.5. The van der Waals surface area contributed by atoms with Crippen LogP contribution in [0.2, 0.25) is 0 Å². The topological polar surface area (TPSA) is 56.1 Å². The van der Waals surface area contributed by atoms with Crippen LogP contribution in [0.25, 0.3) is 0 Å². The summed E-state index contributed by atoms with van der Waals surface area (Å²) >= 11 is 0. The number of benzene rings is 1. The van der Waals surface area contributed by atoms with E-state index < -0.39 is 54.7 Å². The SMILES string of the molecule is CCN1C2CCC(OCc3cc(C(F)(F)F)cc(C(F)(F)F)c3)C1(C)CC2c1nnnn1CC(F)F. The first-order chi connectivity index (χ1) is 16.7. The van der Waals surface area contributed by atoms with Crippen molar-refractivity contribution >= 4 is 0 Å². The van der Waals surface area contributed by atoms with Crippen LogP contribution >= 0.6 is 0 Å². The molecular formula is C22H25F8N5O. The van der Waals surface area contributed by atoms with E-state index in [-0.39, 0.29) is 23.6 Å². The minimum Gasteiger partial charge on any atom is -0.372 e. The first kappa shape index (κ1) is 26.7. The Morgan fingerprint density at radius 3 is 2.25 bits per heavy atom. The second-order valence-corrected chi connectivity index (χ2v) is 9.42. The predicted octanol–water partition coefficient (Wildman–Crippen LogP) is 5.29. The monoisotopic (exact) mass is 527 g/mol. The van der Waals surface area contributed by atoms with E-state index in [2.05, 4.69) is 20.4 Å². The zero-order valence-electron chi connectivity index (χ0n) is 19.5. The summed E-state index contributed by atoms with van der Waals surface area (Å²) in [5, 5.41) is 11.2. The summed E-state index contributed by atoms with van der Waals surface area (Å²) in [6.45, 7) is 3.31. The van der Waals surface area contributed by atoms with Gasteiger partial charge >= 0.3 is 12.4 Å². The first-order valence-corrected chi connectivity index (χ1v) is 11.4. The maximum Gasteiger partial charge on any atom is 0.416 e. The number of aromatic nitrogens is 4. The summed E-state index contributed by atoms with van der Waals surface area (Å²) in [4.78, 5) is 2.14. The number of nitrogens with zero attached hydrogens (tertiary/aromatic N) is 5. The van der Waals surface area contributed by atoms with Crippen LogP contribution in [0.15, 0.2) is 18.2 Å². The van der Waals surface area contributed by atoms with Gasteiger partial charge in [0.1, 0.15) is 6.54 Å². The molecule has 1 aromatic heterocycles. The van der Waals surface area contributed by atoms with E-state index in [1.165, 1.54) is 0 Å². The molecule has 4 unspecified atom stereocenters. The first-order valence-electron chi connectivity index (χ1n) is 11.4. The van der Waals surface area contributed by atoms with Crippen LogP contribution in [0.3, 0.4) is 0 Å². The van der Waals surface area contributed by atoms with Gasteiger partial charge in [-0.1, -0.05) is 6.92 Å². The fourth-order valence-corrected chi connectivity index (χ4v) is 5.76. The Morgan fingerprint density at radius 2 is 1.69 bits per heavy atom. The molecule has 0 aliphatic carbocycles. The molecule has 0 amide bonds. The molecule has 6 nitrogen and oxygen atoms in total. The number of alkyl halides is 8. The minimum atomic E-state index is -4.94. The molecule has 0 saturated carbocycles. The second-order valence-electron chi connectivity index (χ2n) is 9.42. The molecule has 36 heavy (non-hydrogen) atoms. The van der Waals surface area contributed by atoms with Crippen molar-refractivity contribution in [2.45, 2.75) is 88.6 Å². The lowest BCUT2D eigenvalue weighted by molar-refractivity contribution is -0.143. The number of halogens is 8. The van der Waals surface area contributed by atoms with Crippen molar-refractivity contribution in [2.24, 2.45) is 0 Å². The Hall–Kier alpha value is -2.35. The quantitative estimate of drug-likeness (QED) is 0.458. The van der Waals surface area contributed by atoms with Gasteiger partial charge in [-0.2, -0.15) is 26.3 Å². The number of hydrogen-bond donors (Lipinski definition) is 0. The van der Waals surface area contributed by atoms with Gasteiger partial charge in [0.25, 0.3) is 6.43 Å². The summed E-state index contributed by atoms with van der Waals surface area (Å²) < 4.78 is 112. The highest BCUT2D eigenvalue weighted by molar-refractivity contribution is 5.33. The van der Waals surface area contributed by atoms with Crippen molar-refractivity contribution in [3.05, 3.63) is 40.7 Å².